The van der Waals surface area contributed by atoms with Gasteiger partial charge in [0.1, 0.15) is 5.75 Å². The summed E-state index contributed by atoms with van der Waals surface area (Å²) in [5, 5.41) is 9.11. The van der Waals surface area contributed by atoms with Gasteiger partial charge in [-0.25, -0.2) is 0 Å². The molecule has 2 unspecified atom stereocenters. The van der Waals surface area contributed by atoms with Gasteiger partial charge >= 0.3 is 5.97 Å². The van der Waals surface area contributed by atoms with Crippen LogP contribution in [0, 0.1) is 12.8 Å². The van der Waals surface area contributed by atoms with E-state index < -0.39 is 5.97 Å². The zero-order valence-corrected chi connectivity index (χ0v) is 9.19. The van der Waals surface area contributed by atoms with Crippen LogP contribution in [-0.2, 0) is 10.2 Å². The van der Waals surface area contributed by atoms with Crippen molar-refractivity contribution < 1.29 is 14.6 Å². The Morgan fingerprint density at radius 1 is 1.56 bits per heavy atom. The summed E-state index contributed by atoms with van der Waals surface area (Å²) in [7, 11) is 0. The molecule has 2 aliphatic rings. The lowest BCUT2D eigenvalue weighted by Crippen LogP contribution is -2.24. The van der Waals surface area contributed by atoms with Crippen LogP contribution in [0.25, 0.3) is 0 Å². The average Bonchev–Trinajstić information content (AvgIpc) is 2.93. The molecule has 1 spiro atoms. The lowest BCUT2D eigenvalue weighted by molar-refractivity contribution is -0.139. The Labute approximate surface area is 94.0 Å². The second-order valence-electron chi connectivity index (χ2n) is 4.85. The van der Waals surface area contributed by atoms with E-state index in [1.54, 1.807) is 0 Å². The van der Waals surface area contributed by atoms with Gasteiger partial charge < -0.3 is 9.84 Å². The summed E-state index contributed by atoms with van der Waals surface area (Å²) in [6.07, 6.45) is 1.60. The van der Waals surface area contributed by atoms with Crippen molar-refractivity contribution in [2.24, 2.45) is 5.92 Å². The van der Waals surface area contributed by atoms with Gasteiger partial charge in [-0.1, -0.05) is 12.1 Å². The van der Waals surface area contributed by atoms with Gasteiger partial charge in [-0.05, 0) is 31.4 Å². The van der Waals surface area contributed by atoms with Crippen molar-refractivity contribution in [1.82, 2.24) is 0 Å². The molecule has 0 aromatic heterocycles. The summed E-state index contributed by atoms with van der Waals surface area (Å²) in [5.74, 6) is 0.00119. The molecule has 0 amide bonds. The fraction of sp³-hybridized carbons (Fsp3) is 0.462. The molecule has 3 rings (SSSR count). The summed E-state index contributed by atoms with van der Waals surface area (Å²) in [4.78, 5) is 11.1. The second kappa shape index (κ2) is 3.00. The molecular formula is C13H14O3. The van der Waals surface area contributed by atoms with Crippen LogP contribution in [0.1, 0.15) is 24.0 Å². The minimum Gasteiger partial charge on any atom is -0.493 e. The summed E-state index contributed by atoms with van der Waals surface area (Å²) in [5.41, 5.74) is 2.12. The van der Waals surface area contributed by atoms with Crippen molar-refractivity contribution in [3.63, 3.8) is 0 Å². The van der Waals surface area contributed by atoms with Gasteiger partial charge in [0.05, 0.1) is 12.5 Å². The standard InChI is InChI=1S/C13H14O3/c1-8-2-3-9-11(6-8)16-5-4-13(9)7-10(13)12(14)15/h2-3,6,10H,4-5,7H2,1H3,(H,14,15). The maximum absolute atomic E-state index is 11.1. The maximum atomic E-state index is 11.1. The molecule has 1 heterocycles. The maximum Gasteiger partial charge on any atom is 0.307 e. The molecule has 3 nitrogen and oxygen atoms in total. The van der Waals surface area contributed by atoms with Crippen LogP contribution in [0.4, 0.5) is 0 Å². The number of carboxylic acids is 1. The van der Waals surface area contributed by atoms with Gasteiger partial charge in [0.25, 0.3) is 0 Å². The molecule has 1 aliphatic heterocycles. The minimum absolute atomic E-state index is 0.132. The number of hydrogen-bond acceptors (Lipinski definition) is 2. The van der Waals surface area contributed by atoms with E-state index in [0.29, 0.717) is 6.61 Å². The largest absolute Gasteiger partial charge is 0.493 e. The molecule has 3 heteroatoms. The van der Waals surface area contributed by atoms with Crippen LogP contribution in [0.2, 0.25) is 0 Å². The Hall–Kier alpha value is -1.51. The lowest BCUT2D eigenvalue weighted by Gasteiger charge is -2.26. The third-order valence-corrected chi connectivity index (χ3v) is 3.85. The Morgan fingerprint density at radius 3 is 3.06 bits per heavy atom. The first kappa shape index (κ1) is 9.70. The quantitative estimate of drug-likeness (QED) is 0.785. The average molecular weight is 218 g/mol. The number of ether oxygens (including phenoxy) is 1. The number of aliphatic carboxylic acids is 1. The third-order valence-electron chi connectivity index (χ3n) is 3.85. The molecule has 1 aliphatic carbocycles. The second-order valence-corrected chi connectivity index (χ2v) is 4.85. The summed E-state index contributed by atoms with van der Waals surface area (Å²) < 4.78 is 5.62. The van der Waals surface area contributed by atoms with Crippen LogP contribution >= 0.6 is 0 Å². The van der Waals surface area contributed by atoms with E-state index in [0.717, 1.165) is 29.7 Å². The predicted molar refractivity (Wildman–Crippen MR) is 58.7 cm³/mol. The van der Waals surface area contributed by atoms with Crippen molar-refractivity contribution in [3.05, 3.63) is 29.3 Å². The van der Waals surface area contributed by atoms with Crippen molar-refractivity contribution >= 4 is 5.97 Å². The van der Waals surface area contributed by atoms with E-state index >= 15 is 0 Å². The fourth-order valence-corrected chi connectivity index (χ4v) is 2.84. The van der Waals surface area contributed by atoms with Crippen LogP contribution in [0.15, 0.2) is 18.2 Å². The van der Waals surface area contributed by atoms with Gasteiger partial charge in [-0.2, -0.15) is 0 Å². The highest BCUT2D eigenvalue weighted by molar-refractivity contribution is 5.78. The molecule has 84 valence electrons. The molecule has 0 radical (unpaired) electrons. The molecule has 1 N–H and O–H groups in total. The highest BCUT2D eigenvalue weighted by Crippen LogP contribution is 2.60. The Morgan fingerprint density at radius 2 is 2.38 bits per heavy atom. The number of carboxylic acid groups (broad SMARTS) is 1. The molecule has 2 atom stereocenters. The monoisotopic (exact) mass is 218 g/mol. The van der Waals surface area contributed by atoms with Crippen LogP contribution in [-0.4, -0.2) is 17.7 Å². The fourth-order valence-electron chi connectivity index (χ4n) is 2.84. The van der Waals surface area contributed by atoms with Crippen LogP contribution in [0.5, 0.6) is 5.75 Å². The van der Waals surface area contributed by atoms with Crippen molar-refractivity contribution in [1.29, 1.82) is 0 Å². The zero-order valence-electron chi connectivity index (χ0n) is 9.19. The van der Waals surface area contributed by atoms with Crippen LogP contribution < -0.4 is 4.74 Å². The first-order chi connectivity index (χ1) is 7.63. The third kappa shape index (κ3) is 1.17. The first-order valence-corrected chi connectivity index (χ1v) is 5.60. The van der Waals surface area contributed by atoms with Gasteiger partial charge in [0.15, 0.2) is 0 Å². The molecule has 1 aromatic rings. The van der Waals surface area contributed by atoms with E-state index in [4.69, 9.17) is 9.84 Å². The number of hydrogen-bond donors (Lipinski definition) is 1. The number of aryl methyl sites for hydroxylation is 1. The molecular weight excluding hydrogens is 204 g/mol. The lowest BCUT2D eigenvalue weighted by atomic mass is 9.87. The van der Waals surface area contributed by atoms with E-state index in [9.17, 15) is 4.79 Å². The Kier molecular flexibility index (Phi) is 1.82. The van der Waals surface area contributed by atoms with Gasteiger partial charge in [0, 0.05) is 11.0 Å². The highest BCUT2D eigenvalue weighted by Gasteiger charge is 2.61. The van der Waals surface area contributed by atoms with E-state index in [1.165, 1.54) is 0 Å². The topological polar surface area (TPSA) is 46.5 Å². The Bertz CT molecular complexity index is 466. The number of carbonyl (C=O) groups is 1. The van der Waals surface area contributed by atoms with E-state index in [2.05, 4.69) is 0 Å². The predicted octanol–water partition coefficient (Wildman–Crippen LogP) is 2.12. The van der Waals surface area contributed by atoms with Gasteiger partial charge in [-0.3, -0.25) is 4.79 Å². The molecule has 1 fully saturated rings. The zero-order chi connectivity index (χ0) is 11.3. The van der Waals surface area contributed by atoms with Gasteiger partial charge in [-0.15, -0.1) is 0 Å². The van der Waals surface area contributed by atoms with Gasteiger partial charge in [0.2, 0.25) is 0 Å². The van der Waals surface area contributed by atoms with Crippen molar-refractivity contribution in [2.75, 3.05) is 6.61 Å². The smallest absolute Gasteiger partial charge is 0.307 e. The molecule has 1 saturated carbocycles. The minimum atomic E-state index is -0.673. The normalized spacial score (nSPS) is 30.7. The Balaban J connectivity index is 2.05. The summed E-state index contributed by atoms with van der Waals surface area (Å²) in [6.45, 7) is 2.66. The number of rotatable bonds is 1. The molecule has 1 aromatic carbocycles. The van der Waals surface area contributed by atoms with Crippen LogP contribution in [0.3, 0.4) is 0 Å². The number of fused-ring (bicyclic) bond motifs is 2. The molecule has 0 bridgehead atoms. The number of benzene rings is 1. The molecule has 16 heavy (non-hydrogen) atoms. The highest BCUT2D eigenvalue weighted by atomic mass is 16.5. The molecule has 0 saturated heterocycles. The first-order valence-electron chi connectivity index (χ1n) is 5.60. The summed E-state index contributed by atoms with van der Waals surface area (Å²) >= 11 is 0. The van der Waals surface area contributed by atoms with Crippen molar-refractivity contribution in [3.8, 4) is 5.75 Å². The van der Waals surface area contributed by atoms with Crippen molar-refractivity contribution in [2.45, 2.75) is 25.2 Å². The SMILES string of the molecule is Cc1ccc2c(c1)OCCC21CC1C(=O)O. The van der Waals surface area contributed by atoms with E-state index in [-0.39, 0.29) is 11.3 Å². The van der Waals surface area contributed by atoms with E-state index in [1.807, 2.05) is 25.1 Å². The summed E-state index contributed by atoms with van der Waals surface area (Å²) in [6, 6.07) is 6.08.